The average molecular weight is 251 g/mol. The molecule has 0 saturated heterocycles. The van der Waals surface area contributed by atoms with Crippen molar-refractivity contribution in [1.82, 2.24) is 0 Å². The standard InChI is InChI=1S/C18H21N/c1-13-7-3-4-8-15(13)12-16-11-14(2)19-18-10-6-5-9-17(16)18/h3-10,14,16,19H,11-12H2,1-2H3. The summed E-state index contributed by atoms with van der Waals surface area (Å²) in [5.41, 5.74) is 5.69. The van der Waals surface area contributed by atoms with E-state index in [4.69, 9.17) is 0 Å². The predicted molar refractivity (Wildman–Crippen MR) is 81.8 cm³/mol. The molecule has 1 aliphatic rings. The van der Waals surface area contributed by atoms with Gasteiger partial charge >= 0.3 is 0 Å². The highest BCUT2D eigenvalue weighted by Gasteiger charge is 2.24. The lowest BCUT2D eigenvalue weighted by Gasteiger charge is -2.31. The van der Waals surface area contributed by atoms with E-state index in [9.17, 15) is 0 Å². The zero-order valence-electron chi connectivity index (χ0n) is 11.7. The highest BCUT2D eigenvalue weighted by molar-refractivity contribution is 5.56. The summed E-state index contributed by atoms with van der Waals surface area (Å²) in [4.78, 5) is 0. The van der Waals surface area contributed by atoms with Crippen LogP contribution in [0.15, 0.2) is 48.5 Å². The number of fused-ring (bicyclic) bond motifs is 1. The number of rotatable bonds is 2. The summed E-state index contributed by atoms with van der Waals surface area (Å²) in [5.74, 6) is 0.633. The summed E-state index contributed by atoms with van der Waals surface area (Å²) in [6, 6.07) is 18.1. The summed E-state index contributed by atoms with van der Waals surface area (Å²) >= 11 is 0. The molecule has 3 rings (SSSR count). The van der Waals surface area contributed by atoms with Gasteiger partial charge in [-0.15, -0.1) is 0 Å². The molecule has 2 atom stereocenters. The average Bonchev–Trinajstić information content (AvgIpc) is 2.41. The summed E-state index contributed by atoms with van der Waals surface area (Å²) in [7, 11) is 0. The molecule has 19 heavy (non-hydrogen) atoms. The summed E-state index contributed by atoms with van der Waals surface area (Å²) in [6.07, 6.45) is 2.36. The first-order valence-corrected chi connectivity index (χ1v) is 7.14. The lowest BCUT2D eigenvalue weighted by Crippen LogP contribution is -2.26. The Labute approximate surface area is 115 Å². The first-order chi connectivity index (χ1) is 9.24. The predicted octanol–water partition coefficient (Wildman–Crippen LogP) is 4.53. The Kier molecular flexibility index (Phi) is 3.29. The van der Waals surface area contributed by atoms with Crippen LogP contribution < -0.4 is 5.32 Å². The van der Waals surface area contributed by atoms with Gasteiger partial charge in [0.25, 0.3) is 0 Å². The summed E-state index contributed by atoms with van der Waals surface area (Å²) < 4.78 is 0. The number of anilines is 1. The van der Waals surface area contributed by atoms with Gasteiger partial charge in [-0.3, -0.25) is 0 Å². The van der Waals surface area contributed by atoms with Crippen molar-refractivity contribution in [3.63, 3.8) is 0 Å². The molecule has 1 heteroatoms. The van der Waals surface area contributed by atoms with Crippen LogP contribution in [0, 0.1) is 6.92 Å². The van der Waals surface area contributed by atoms with Gasteiger partial charge in [-0.25, -0.2) is 0 Å². The summed E-state index contributed by atoms with van der Waals surface area (Å²) in [5, 5.41) is 3.59. The second-order valence-corrected chi connectivity index (χ2v) is 5.70. The Hall–Kier alpha value is -1.76. The van der Waals surface area contributed by atoms with Gasteiger partial charge in [0.2, 0.25) is 0 Å². The molecule has 0 aromatic heterocycles. The Morgan fingerprint density at radius 1 is 1.05 bits per heavy atom. The van der Waals surface area contributed by atoms with E-state index in [0.717, 1.165) is 6.42 Å². The van der Waals surface area contributed by atoms with Crippen molar-refractivity contribution in [2.75, 3.05) is 5.32 Å². The topological polar surface area (TPSA) is 12.0 Å². The van der Waals surface area contributed by atoms with Crippen LogP contribution in [0.2, 0.25) is 0 Å². The van der Waals surface area contributed by atoms with E-state index in [0.29, 0.717) is 12.0 Å². The van der Waals surface area contributed by atoms with Crippen LogP contribution in [0.25, 0.3) is 0 Å². The van der Waals surface area contributed by atoms with E-state index in [1.807, 2.05) is 0 Å². The minimum Gasteiger partial charge on any atom is -0.382 e. The molecule has 1 nitrogen and oxygen atoms in total. The molecule has 2 aromatic rings. The lowest BCUT2D eigenvalue weighted by molar-refractivity contribution is 0.550. The van der Waals surface area contributed by atoms with Crippen LogP contribution in [-0.4, -0.2) is 6.04 Å². The lowest BCUT2D eigenvalue weighted by atomic mass is 9.82. The van der Waals surface area contributed by atoms with Crippen molar-refractivity contribution < 1.29 is 0 Å². The second kappa shape index (κ2) is 5.08. The van der Waals surface area contributed by atoms with Crippen LogP contribution in [0.3, 0.4) is 0 Å². The fraction of sp³-hybridized carbons (Fsp3) is 0.333. The molecule has 1 aliphatic heterocycles. The van der Waals surface area contributed by atoms with Gasteiger partial charge in [-0.05, 0) is 55.4 Å². The SMILES string of the molecule is Cc1ccccc1CC1CC(C)Nc2ccccc21. The third-order valence-corrected chi connectivity index (χ3v) is 4.17. The highest BCUT2D eigenvalue weighted by atomic mass is 14.9. The molecule has 0 bridgehead atoms. The van der Waals surface area contributed by atoms with Crippen LogP contribution in [0.4, 0.5) is 5.69 Å². The third kappa shape index (κ3) is 2.51. The molecule has 0 amide bonds. The Morgan fingerprint density at radius 2 is 1.79 bits per heavy atom. The quantitative estimate of drug-likeness (QED) is 0.827. The van der Waals surface area contributed by atoms with Crippen LogP contribution in [0.5, 0.6) is 0 Å². The molecule has 0 fully saturated rings. The third-order valence-electron chi connectivity index (χ3n) is 4.17. The number of benzene rings is 2. The van der Waals surface area contributed by atoms with Crippen LogP contribution >= 0.6 is 0 Å². The molecular formula is C18H21N. The van der Waals surface area contributed by atoms with Gasteiger partial charge in [0.05, 0.1) is 0 Å². The van der Waals surface area contributed by atoms with Crippen LogP contribution in [0.1, 0.15) is 36.0 Å². The maximum atomic E-state index is 3.59. The zero-order valence-corrected chi connectivity index (χ0v) is 11.7. The normalized spacial score (nSPS) is 21.6. The van der Waals surface area contributed by atoms with Gasteiger partial charge in [-0.2, -0.15) is 0 Å². The Bertz CT molecular complexity index is 573. The minimum atomic E-state index is 0.559. The molecule has 0 saturated carbocycles. The number of hydrogen-bond donors (Lipinski definition) is 1. The minimum absolute atomic E-state index is 0.559. The maximum Gasteiger partial charge on any atom is 0.0377 e. The Balaban J connectivity index is 1.91. The van der Waals surface area contributed by atoms with E-state index < -0.39 is 0 Å². The maximum absolute atomic E-state index is 3.59. The van der Waals surface area contributed by atoms with Gasteiger partial charge < -0.3 is 5.32 Å². The van der Waals surface area contributed by atoms with Crippen molar-refractivity contribution in [2.45, 2.75) is 38.6 Å². The van der Waals surface area contributed by atoms with Gasteiger partial charge in [0, 0.05) is 11.7 Å². The van der Waals surface area contributed by atoms with Crippen LogP contribution in [-0.2, 0) is 6.42 Å². The van der Waals surface area contributed by atoms with E-state index in [2.05, 4.69) is 67.7 Å². The van der Waals surface area contributed by atoms with Crippen molar-refractivity contribution >= 4 is 5.69 Å². The Morgan fingerprint density at radius 3 is 2.63 bits per heavy atom. The first-order valence-electron chi connectivity index (χ1n) is 7.14. The van der Waals surface area contributed by atoms with E-state index in [1.165, 1.54) is 28.8 Å². The smallest absolute Gasteiger partial charge is 0.0377 e. The van der Waals surface area contributed by atoms with Gasteiger partial charge in [0.15, 0.2) is 0 Å². The highest BCUT2D eigenvalue weighted by Crippen LogP contribution is 2.36. The van der Waals surface area contributed by atoms with Gasteiger partial charge in [0.1, 0.15) is 0 Å². The molecule has 0 spiro atoms. The molecule has 2 unspecified atom stereocenters. The summed E-state index contributed by atoms with van der Waals surface area (Å²) in [6.45, 7) is 4.49. The van der Waals surface area contributed by atoms with E-state index in [-0.39, 0.29) is 0 Å². The molecule has 98 valence electrons. The number of para-hydroxylation sites is 1. The van der Waals surface area contributed by atoms with Crippen molar-refractivity contribution in [3.8, 4) is 0 Å². The van der Waals surface area contributed by atoms with Crippen molar-refractivity contribution in [2.24, 2.45) is 0 Å². The number of hydrogen-bond acceptors (Lipinski definition) is 1. The first kappa shape index (κ1) is 12.3. The molecule has 0 radical (unpaired) electrons. The molecule has 1 heterocycles. The van der Waals surface area contributed by atoms with Crippen molar-refractivity contribution in [3.05, 3.63) is 65.2 Å². The fourth-order valence-electron chi connectivity index (χ4n) is 3.16. The largest absolute Gasteiger partial charge is 0.382 e. The van der Waals surface area contributed by atoms with Crippen molar-refractivity contribution in [1.29, 1.82) is 0 Å². The van der Waals surface area contributed by atoms with Gasteiger partial charge in [-0.1, -0.05) is 42.5 Å². The number of nitrogens with one attached hydrogen (secondary N) is 1. The molecule has 2 aromatic carbocycles. The molecule has 0 aliphatic carbocycles. The molecular weight excluding hydrogens is 230 g/mol. The second-order valence-electron chi connectivity index (χ2n) is 5.70. The fourth-order valence-corrected chi connectivity index (χ4v) is 3.16. The van der Waals surface area contributed by atoms with E-state index >= 15 is 0 Å². The monoisotopic (exact) mass is 251 g/mol. The van der Waals surface area contributed by atoms with E-state index in [1.54, 1.807) is 0 Å². The molecule has 1 N–H and O–H groups in total. The zero-order chi connectivity index (χ0) is 13.2. The number of aryl methyl sites for hydroxylation is 1.